The summed E-state index contributed by atoms with van der Waals surface area (Å²) in [5.74, 6) is 0.683. The lowest BCUT2D eigenvalue weighted by Crippen LogP contribution is -1.68. The van der Waals surface area contributed by atoms with E-state index in [0.717, 1.165) is 22.1 Å². The van der Waals surface area contributed by atoms with Gasteiger partial charge in [0.2, 0.25) is 0 Å². The lowest BCUT2D eigenvalue weighted by atomic mass is 10.2. The van der Waals surface area contributed by atoms with E-state index in [1.807, 2.05) is 25.1 Å². The number of rotatable bonds is 0. The Morgan fingerprint density at radius 1 is 1.23 bits per heavy atom. The molecule has 2 aromatic heterocycles. The molecule has 0 bridgehead atoms. The fourth-order valence-electron chi connectivity index (χ4n) is 1.50. The van der Waals surface area contributed by atoms with Gasteiger partial charge in [-0.3, -0.25) is 0 Å². The smallest absolute Gasteiger partial charge is 0.192 e. The number of nitrogens with zero attached hydrogens (tertiary/aromatic N) is 1. The van der Waals surface area contributed by atoms with Crippen LogP contribution in [0, 0.1) is 6.92 Å². The summed E-state index contributed by atoms with van der Waals surface area (Å²) in [4.78, 5) is 4.23. The number of aromatic nitrogens is 1. The molecule has 0 aliphatic heterocycles. The van der Waals surface area contributed by atoms with Crippen LogP contribution < -0.4 is 0 Å². The lowest BCUT2D eigenvalue weighted by Gasteiger charge is -1.86. The maximum Gasteiger partial charge on any atom is 0.192 e. The molecular weight excluding hydrogens is 166 g/mol. The standard InChI is InChI=1S/C10H7NO2/c1-6-11-8-4-7-2-3-12-9(7)5-10(8)13-6/h2-5H,1H3. The summed E-state index contributed by atoms with van der Waals surface area (Å²) in [5.41, 5.74) is 2.50. The van der Waals surface area contributed by atoms with Crippen LogP contribution in [0.2, 0.25) is 0 Å². The predicted octanol–water partition coefficient (Wildman–Crippen LogP) is 2.88. The van der Waals surface area contributed by atoms with E-state index in [9.17, 15) is 0 Å². The topological polar surface area (TPSA) is 39.2 Å². The van der Waals surface area contributed by atoms with Crippen molar-refractivity contribution in [3.63, 3.8) is 0 Å². The van der Waals surface area contributed by atoms with Crippen molar-refractivity contribution in [2.75, 3.05) is 0 Å². The zero-order valence-electron chi connectivity index (χ0n) is 7.07. The van der Waals surface area contributed by atoms with Gasteiger partial charge < -0.3 is 8.83 Å². The largest absolute Gasteiger partial charge is 0.464 e. The first-order valence-corrected chi connectivity index (χ1v) is 4.07. The lowest BCUT2D eigenvalue weighted by molar-refractivity contribution is 0.559. The highest BCUT2D eigenvalue weighted by Crippen LogP contribution is 2.23. The summed E-state index contributed by atoms with van der Waals surface area (Å²) in [7, 11) is 0. The van der Waals surface area contributed by atoms with Gasteiger partial charge in [0.1, 0.15) is 11.1 Å². The minimum atomic E-state index is 0.683. The maximum absolute atomic E-state index is 5.37. The summed E-state index contributed by atoms with van der Waals surface area (Å²) in [6.07, 6.45) is 1.66. The number of hydrogen-bond acceptors (Lipinski definition) is 3. The summed E-state index contributed by atoms with van der Waals surface area (Å²) < 4.78 is 10.6. The monoisotopic (exact) mass is 173 g/mol. The molecule has 0 N–H and O–H groups in total. The molecule has 3 aromatic rings. The molecule has 2 heterocycles. The molecule has 0 saturated heterocycles. The number of furan rings is 1. The van der Waals surface area contributed by atoms with E-state index >= 15 is 0 Å². The predicted molar refractivity (Wildman–Crippen MR) is 48.5 cm³/mol. The van der Waals surface area contributed by atoms with Crippen molar-refractivity contribution < 1.29 is 8.83 Å². The fourth-order valence-corrected chi connectivity index (χ4v) is 1.50. The third kappa shape index (κ3) is 0.869. The summed E-state index contributed by atoms with van der Waals surface area (Å²) in [5, 5.41) is 1.06. The Labute approximate surface area is 74.0 Å². The maximum atomic E-state index is 5.37. The molecule has 0 spiro atoms. The number of benzene rings is 1. The van der Waals surface area contributed by atoms with Crippen molar-refractivity contribution in [3.05, 3.63) is 30.4 Å². The van der Waals surface area contributed by atoms with E-state index in [1.165, 1.54) is 0 Å². The number of fused-ring (bicyclic) bond motifs is 2. The third-order valence-electron chi connectivity index (χ3n) is 2.07. The quantitative estimate of drug-likeness (QED) is 0.524. The highest BCUT2D eigenvalue weighted by molar-refractivity contribution is 5.91. The van der Waals surface area contributed by atoms with Gasteiger partial charge in [-0.25, -0.2) is 4.98 Å². The molecule has 3 nitrogen and oxygen atoms in total. The molecule has 0 aliphatic rings. The second-order valence-electron chi connectivity index (χ2n) is 3.01. The Morgan fingerprint density at radius 3 is 3.08 bits per heavy atom. The Morgan fingerprint density at radius 2 is 2.15 bits per heavy atom. The van der Waals surface area contributed by atoms with E-state index in [1.54, 1.807) is 6.26 Å². The zero-order chi connectivity index (χ0) is 8.84. The van der Waals surface area contributed by atoms with E-state index in [4.69, 9.17) is 8.83 Å². The van der Waals surface area contributed by atoms with Crippen LogP contribution in [0.3, 0.4) is 0 Å². The van der Waals surface area contributed by atoms with Crippen LogP contribution in [0.1, 0.15) is 5.89 Å². The summed E-state index contributed by atoms with van der Waals surface area (Å²) >= 11 is 0. The number of aryl methyl sites for hydroxylation is 1. The number of oxazole rings is 1. The van der Waals surface area contributed by atoms with Gasteiger partial charge in [-0.05, 0) is 12.1 Å². The molecular formula is C10H7NO2. The molecule has 0 unspecified atom stereocenters. The first-order valence-electron chi connectivity index (χ1n) is 4.07. The molecule has 0 saturated carbocycles. The second-order valence-corrected chi connectivity index (χ2v) is 3.01. The molecule has 0 aliphatic carbocycles. The van der Waals surface area contributed by atoms with Crippen LogP contribution in [-0.4, -0.2) is 4.98 Å². The molecule has 3 heteroatoms. The van der Waals surface area contributed by atoms with Crippen molar-refractivity contribution in [2.45, 2.75) is 6.92 Å². The summed E-state index contributed by atoms with van der Waals surface area (Å²) in [6, 6.07) is 5.74. The zero-order valence-corrected chi connectivity index (χ0v) is 7.07. The van der Waals surface area contributed by atoms with Crippen molar-refractivity contribution in [2.24, 2.45) is 0 Å². The molecule has 64 valence electrons. The Hall–Kier alpha value is -1.77. The van der Waals surface area contributed by atoms with Crippen LogP contribution in [0.4, 0.5) is 0 Å². The average molecular weight is 173 g/mol. The first kappa shape index (κ1) is 6.71. The van der Waals surface area contributed by atoms with Crippen LogP contribution in [0.25, 0.3) is 22.1 Å². The third-order valence-corrected chi connectivity index (χ3v) is 2.07. The van der Waals surface area contributed by atoms with Crippen molar-refractivity contribution >= 4 is 22.1 Å². The van der Waals surface area contributed by atoms with Crippen molar-refractivity contribution in [1.29, 1.82) is 0 Å². The first-order chi connectivity index (χ1) is 6.33. The minimum absolute atomic E-state index is 0.683. The van der Waals surface area contributed by atoms with E-state index in [2.05, 4.69) is 4.98 Å². The van der Waals surface area contributed by atoms with E-state index in [-0.39, 0.29) is 0 Å². The van der Waals surface area contributed by atoms with Crippen LogP contribution in [0.5, 0.6) is 0 Å². The van der Waals surface area contributed by atoms with Gasteiger partial charge >= 0.3 is 0 Å². The molecule has 0 radical (unpaired) electrons. The highest BCUT2D eigenvalue weighted by atomic mass is 16.4. The second kappa shape index (κ2) is 2.13. The van der Waals surface area contributed by atoms with E-state index < -0.39 is 0 Å². The van der Waals surface area contributed by atoms with Crippen molar-refractivity contribution in [3.8, 4) is 0 Å². The number of hydrogen-bond donors (Lipinski definition) is 0. The van der Waals surface area contributed by atoms with Gasteiger partial charge in [-0.15, -0.1) is 0 Å². The summed E-state index contributed by atoms with van der Waals surface area (Å²) in [6.45, 7) is 1.84. The van der Waals surface area contributed by atoms with Gasteiger partial charge in [0.25, 0.3) is 0 Å². The van der Waals surface area contributed by atoms with Crippen LogP contribution in [0.15, 0.2) is 33.3 Å². The molecule has 0 fully saturated rings. The van der Waals surface area contributed by atoms with Gasteiger partial charge in [-0.2, -0.15) is 0 Å². The van der Waals surface area contributed by atoms with Crippen molar-refractivity contribution in [1.82, 2.24) is 4.98 Å². The van der Waals surface area contributed by atoms with Gasteiger partial charge in [0.15, 0.2) is 11.5 Å². The molecule has 1 aromatic carbocycles. The fraction of sp³-hybridized carbons (Fsp3) is 0.100. The normalized spacial score (nSPS) is 11.5. The van der Waals surface area contributed by atoms with E-state index in [0.29, 0.717) is 5.89 Å². The van der Waals surface area contributed by atoms with Gasteiger partial charge in [-0.1, -0.05) is 0 Å². The minimum Gasteiger partial charge on any atom is -0.464 e. The Bertz CT molecular complexity index is 529. The van der Waals surface area contributed by atoms with Gasteiger partial charge in [0.05, 0.1) is 6.26 Å². The molecule has 13 heavy (non-hydrogen) atoms. The van der Waals surface area contributed by atoms with Crippen LogP contribution in [-0.2, 0) is 0 Å². The van der Waals surface area contributed by atoms with Crippen LogP contribution >= 0.6 is 0 Å². The highest BCUT2D eigenvalue weighted by Gasteiger charge is 2.05. The Balaban J connectivity index is 2.54. The Kier molecular flexibility index (Phi) is 1.10. The SMILES string of the molecule is Cc1nc2cc3ccoc3cc2o1. The average Bonchev–Trinajstić information content (AvgIpc) is 2.63. The van der Waals surface area contributed by atoms with Gasteiger partial charge in [0, 0.05) is 18.4 Å². The molecule has 0 amide bonds. The molecule has 0 atom stereocenters. The molecule has 3 rings (SSSR count).